The van der Waals surface area contributed by atoms with Crippen LogP contribution in [-0.2, 0) is 0 Å². The molecule has 5 rings (SSSR count). The summed E-state index contributed by atoms with van der Waals surface area (Å²) in [4.78, 5) is 33.2. The number of anilines is 3. The molecule has 0 aliphatic carbocycles. The minimum Gasteiger partial charge on any atom is -0.478 e. The first-order valence-corrected chi connectivity index (χ1v) is 14.3. The summed E-state index contributed by atoms with van der Waals surface area (Å²) in [5.41, 5.74) is 0.237. The van der Waals surface area contributed by atoms with Crippen LogP contribution < -0.4 is 15.0 Å². The van der Waals surface area contributed by atoms with Gasteiger partial charge in [0.2, 0.25) is 0 Å². The Morgan fingerprint density at radius 2 is 1.76 bits per heavy atom. The number of halogens is 3. The van der Waals surface area contributed by atoms with E-state index in [4.69, 9.17) is 4.74 Å². The number of rotatable bonds is 7. The van der Waals surface area contributed by atoms with Crippen molar-refractivity contribution in [3.05, 3.63) is 105 Å². The van der Waals surface area contributed by atoms with Crippen molar-refractivity contribution in [2.24, 2.45) is 0 Å². The highest BCUT2D eigenvalue weighted by atomic mass is 127. The average molecular weight is 684 g/mol. The molecule has 1 fully saturated rings. The molecule has 4 aromatic rings. The van der Waals surface area contributed by atoms with Gasteiger partial charge >= 0.3 is 5.97 Å². The molecule has 1 aromatic heterocycles. The Bertz CT molecular complexity index is 1640. The van der Waals surface area contributed by atoms with Gasteiger partial charge in [-0.15, -0.1) is 0 Å². The number of hydrogen-bond donors (Lipinski definition) is 2. The third-order valence-corrected chi connectivity index (χ3v) is 7.64. The van der Waals surface area contributed by atoms with Crippen LogP contribution in [0.15, 0.2) is 73.1 Å². The smallest absolute Gasteiger partial charge is 0.337 e. The standard InChI is InChI=1S/C31H27F2IN4O4/c1-19-16-20(34)8-9-24(19)36-29-23(31(40)41)17-22(27(32)28(29)33)30(39)38-13-5-12-37(14-15-38)25-10-11-35-18-26(25)42-21-6-3-2-4-7-21/h2-4,6-11,16-18,36H,5,12-15H2,1H3,(H,40,41). The van der Waals surface area contributed by atoms with Gasteiger partial charge in [0, 0.05) is 41.6 Å². The number of nitrogens with one attached hydrogen (secondary N) is 1. The molecule has 3 aromatic carbocycles. The molecule has 1 aliphatic rings. The number of aromatic carboxylic acids is 1. The lowest BCUT2D eigenvalue weighted by molar-refractivity contribution is 0.0697. The Hall–Kier alpha value is -4.26. The molecule has 1 saturated heterocycles. The number of amides is 1. The molecule has 0 spiro atoms. The Balaban J connectivity index is 1.37. The lowest BCUT2D eigenvalue weighted by Gasteiger charge is -2.25. The van der Waals surface area contributed by atoms with Crippen LogP contribution in [-0.4, -0.2) is 53.0 Å². The van der Waals surface area contributed by atoms with Crippen LogP contribution >= 0.6 is 22.6 Å². The SMILES string of the molecule is Cc1cc(I)ccc1Nc1c(C(=O)O)cc(C(=O)N2CCCN(c3ccncc3Oc3ccccc3)CC2)c(F)c1F. The quantitative estimate of drug-likeness (QED) is 0.206. The summed E-state index contributed by atoms with van der Waals surface area (Å²) in [6.45, 7) is 3.22. The van der Waals surface area contributed by atoms with Crippen LogP contribution in [0.3, 0.4) is 0 Å². The second kappa shape index (κ2) is 12.7. The highest BCUT2D eigenvalue weighted by Crippen LogP contribution is 2.33. The number of aromatic nitrogens is 1. The molecule has 0 radical (unpaired) electrons. The Kier molecular flexibility index (Phi) is 8.86. The van der Waals surface area contributed by atoms with Crippen LogP contribution in [0, 0.1) is 22.1 Å². The van der Waals surface area contributed by atoms with E-state index in [1.807, 2.05) is 47.4 Å². The van der Waals surface area contributed by atoms with Crippen molar-refractivity contribution in [3.8, 4) is 11.5 Å². The number of carboxylic acids is 1. The molecule has 2 heterocycles. The summed E-state index contributed by atoms with van der Waals surface area (Å²) in [5.74, 6) is -3.88. The minimum atomic E-state index is -1.49. The molecule has 0 saturated carbocycles. The van der Waals surface area contributed by atoms with Gasteiger partial charge < -0.3 is 25.0 Å². The summed E-state index contributed by atoms with van der Waals surface area (Å²) in [6, 6.07) is 17.3. The van der Waals surface area contributed by atoms with E-state index in [1.54, 1.807) is 31.5 Å². The van der Waals surface area contributed by atoms with Gasteiger partial charge in [-0.3, -0.25) is 9.78 Å². The van der Waals surface area contributed by atoms with Crippen molar-refractivity contribution in [2.45, 2.75) is 13.3 Å². The third kappa shape index (κ3) is 6.30. The Morgan fingerprint density at radius 1 is 0.976 bits per heavy atom. The van der Waals surface area contributed by atoms with Gasteiger partial charge in [-0.05, 0) is 84.0 Å². The second-order valence-corrected chi connectivity index (χ2v) is 11.0. The number of carbonyl (C=O) groups is 2. The zero-order valence-electron chi connectivity index (χ0n) is 22.6. The first kappa shape index (κ1) is 29.2. The first-order valence-electron chi connectivity index (χ1n) is 13.2. The van der Waals surface area contributed by atoms with E-state index in [2.05, 4.69) is 32.9 Å². The second-order valence-electron chi connectivity index (χ2n) is 9.76. The molecule has 11 heteroatoms. The predicted octanol–water partition coefficient (Wildman–Crippen LogP) is 6.86. The highest BCUT2D eigenvalue weighted by molar-refractivity contribution is 14.1. The van der Waals surface area contributed by atoms with Gasteiger partial charge in [0.15, 0.2) is 17.4 Å². The van der Waals surface area contributed by atoms with Crippen molar-refractivity contribution in [1.82, 2.24) is 9.88 Å². The molecule has 1 aliphatic heterocycles. The highest BCUT2D eigenvalue weighted by Gasteiger charge is 2.30. The van der Waals surface area contributed by atoms with Crippen LogP contribution in [0.1, 0.15) is 32.7 Å². The fourth-order valence-electron chi connectivity index (χ4n) is 4.83. The van der Waals surface area contributed by atoms with E-state index < -0.39 is 40.3 Å². The van der Waals surface area contributed by atoms with E-state index >= 15 is 8.78 Å². The summed E-state index contributed by atoms with van der Waals surface area (Å²) in [7, 11) is 0. The van der Waals surface area contributed by atoms with Crippen molar-refractivity contribution < 1.29 is 28.2 Å². The van der Waals surface area contributed by atoms with Crippen molar-refractivity contribution in [3.63, 3.8) is 0 Å². The van der Waals surface area contributed by atoms with Crippen molar-refractivity contribution in [2.75, 3.05) is 36.4 Å². The lowest BCUT2D eigenvalue weighted by Crippen LogP contribution is -2.36. The maximum absolute atomic E-state index is 15.4. The predicted molar refractivity (Wildman–Crippen MR) is 164 cm³/mol. The summed E-state index contributed by atoms with van der Waals surface area (Å²) in [5, 5.41) is 12.6. The normalized spacial score (nSPS) is 13.4. The van der Waals surface area contributed by atoms with E-state index in [0.29, 0.717) is 36.7 Å². The molecule has 0 bridgehead atoms. The molecule has 1 amide bonds. The number of para-hydroxylation sites is 1. The molecular weight excluding hydrogens is 657 g/mol. The Labute approximate surface area is 255 Å². The average Bonchev–Trinajstić information content (AvgIpc) is 3.23. The fraction of sp³-hybridized carbons (Fsp3) is 0.194. The minimum absolute atomic E-state index is 0.206. The van der Waals surface area contributed by atoms with Gasteiger partial charge in [0.05, 0.1) is 28.7 Å². The monoisotopic (exact) mass is 684 g/mol. The van der Waals surface area contributed by atoms with E-state index in [0.717, 1.165) is 20.9 Å². The van der Waals surface area contributed by atoms with Gasteiger partial charge in [-0.2, -0.15) is 0 Å². The largest absolute Gasteiger partial charge is 0.478 e. The van der Waals surface area contributed by atoms with Crippen LogP contribution in [0.2, 0.25) is 0 Å². The van der Waals surface area contributed by atoms with Gasteiger partial charge in [0.1, 0.15) is 5.75 Å². The summed E-state index contributed by atoms with van der Waals surface area (Å²) in [6.07, 6.45) is 3.81. The topological polar surface area (TPSA) is 95.0 Å². The Morgan fingerprint density at radius 3 is 2.50 bits per heavy atom. The molecule has 2 N–H and O–H groups in total. The van der Waals surface area contributed by atoms with Crippen LogP contribution in [0.5, 0.6) is 11.5 Å². The molecule has 216 valence electrons. The number of ether oxygens (including phenoxy) is 1. The van der Waals surface area contributed by atoms with E-state index in [9.17, 15) is 14.7 Å². The zero-order valence-corrected chi connectivity index (χ0v) is 24.8. The number of carboxylic acid groups (broad SMARTS) is 1. The summed E-state index contributed by atoms with van der Waals surface area (Å²) < 4.78 is 37.8. The van der Waals surface area contributed by atoms with Gasteiger partial charge in [0.25, 0.3) is 5.91 Å². The molecule has 0 atom stereocenters. The molecular formula is C31H27F2IN4O4. The van der Waals surface area contributed by atoms with E-state index in [-0.39, 0.29) is 13.1 Å². The fourth-order valence-corrected chi connectivity index (χ4v) is 5.48. The van der Waals surface area contributed by atoms with E-state index in [1.165, 1.54) is 4.90 Å². The number of benzene rings is 3. The van der Waals surface area contributed by atoms with Gasteiger partial charge in [-0.1, -0.05) is 18.2 Å². The van der Waals surface area contributed by atoms with Crippen LogP contribution in [0.25, 0.3) is 0 Å². The number of pyridine rings is 1. The van der Waals surface area contributed by atoms with Crippen LogP contribution in [0.4, 0.5) is 25.8 Å². The van der Waals surface area contributed by atoms with Gasteiger partial charge in [-0.25, -0.2) is 13.6 Å². The van der Waals surface area contributed by atoms with Crippen molar-refractivity contribution in [1.29, 1.82) is 0 Å². The maximum atomic E-state index is 15.4. The third-order valence-electron chi connectivity index (χ3n) is 6.97. The number of hydrogen-bond acceptors (Lipinski definition) is 6. The number of nitrogens with zero attached hydrogens (tertiary/aromatic N) is 3. The first-order chi connectivity index (χ1) is 20.2. The molecule has 42 heavy (non-hydrogen) atoms. The molecule has 0 unspecified atom stereocenters. The number of carbonyl (C=O) groups excluding carboxylic acids is 1. The maximum Gasteiger partial charge on any atom is 0.337 e. The zero-order chi connectivity index (χ0) is 29.8. The molecule has 8 nitrogen and oxygen atoms in total. The summed E-state index contributed by atoms with van der Waals surface area (Å²) >= 11 is 2.12. The van der Waals surface area contributed by atoms with Crippen molar-refractivity contribution >= 4 is 51.5 Å². The number of aryl methyl sites for hydroxylation is 1. The lowest BCUT2D eigenvalue weighted by atomic mass is 10.0.